The number of hydrogen-bond donors (Lipinski definition) is 1. The monoisotopic (exact) mass is 278 g/mol. The number of rotatable bonds is 4. The molecular formula is C15H22N2OS. The van der Waals surface area contributed by atoms with Crippen LogP contribution in [0.5, 0.6) is 0 Å². The lowest BCUT2D eigenvalue weighted by Gasteiger charge is -2.19. The Morgan fingerprint density at radius 1 is 1.32 bits per heavy atom. The molecule has 1 aromatic heterocycles. The minimum absolute atomic E-state index is 0.0909. The summed E-state index contributed by atoms with van der Waals surface area (Å²) in [5, 5.41) is 1.26. The second-order valence-electron chi connectivity index (χ2n) is 5.63. The highest BCUT2D eigenvalue weighted by Gasteiger charge is 2.11. The molecule has 0 amide bonds. The number of nitrogen functional groups attached to an aromatic ring is 1. The van der Waals surface area contributed by atoms with Gasteiger partial charge in [-0.1, -0.05) is 0 Å². The van der Waals surface area contributed by atoms with Crippen molar-refractivity contribution >= 4 is 28.4 Å². The van der Waals surface area contributed by atoms with E-state index < -0.39 is 0 Å². The summed E-state index contributed by atoms with van der Waals surface area (Å²) in [6.45, 7) is 7.77. The van der Waals surface area contributed by atoms with Crippen LogP contribution in [0, 0.1) is 0 Å². The van der Waals surface area contributed by atoms with E-state index in [-0.39, 0.29) is 5.60 Å². The summed E-state index contributed by atoms with van der Waals surface area (Å²) in [7, 11) is 0. The number of anilines is 1. The van der Waals surface area contributed by atoms with Gasteiger partial charge in [0, 0.05) is 28.7 Å². The Balaban J connectivity index is 2.23. The van der Waals surface area contributed by atoms with Crippen LogP contribution in [0.1, 0.15) is 20.8 Å². The number of benzene rings is 1. The largest absolute Gasteiger partial charge is 0.399 e. The Bertz CT molecular complexity index is 569. The Hall–Kier alpha value is -1.13. The van der Waals surface area contributed by atoms with Gasteiger partial charge in [-0.15, -0.1) is 11.8 Å². The SMILES string of the molecule is CSc1cc(N)cc2c1ccn2CCOC(C)(C)C. The third-order valence-corrected chi connectivity index (χ3v) is 3.74. The van der Waals surface area contributed by atoms with E-state index in [9.17, 15) is 0 Å². The van der Waals surface area contributed by atoms with Gasteiger partial charge in [0.25, 0.3) is 0 Å². The van der Waals surface area contributed by atoms with Crippen molar-refractivity contribution in [2.45, 2.75) is 37.8 Å². The molecule has 0 unspecified atom stereocenters. The molecule has 2 rings (SSSR count). The molecule has 4 heteroatoms. The minimum Gasteiger partial charge on any atom is -0.399 e. The zero-order chi connectivity index (χ0) is 14.0. The highest BCUT2D eigenvalue weighted by atomic mass is 32.2. The summed E-state index contributed by atoms with van der Waals surface area (Å²) in [6, 6.07) is 6.22. The number of aromatic nitrogens is 1. The maximum absolute atomic E-state index is 5.97. The lowest BCUT2D eigenvalue weighted by atomic mass is 10.2. The van der Waals surface area contributed by atoms with E-state index in [0.29, 0.717) is 6.61 Å². The van der Waals surface area contributed by atoms with Gasteiger partial charge in [0.1, 0.15) is 0 Å². The molecule has 1 heterocycles. The molecule has 0 bridgehead atoms. The molecule has 0 atom stereocenters. The first-order valence-corrected chi connectivity index (χ1v) is 7.69. The van der Waals surface area contributed by atoms with E-state index in [4.69, 9.17) is 10.5 Å². The average Bonchev–Trinajstić information content (AvgIpc) is 2.70. The van der Waals surface area contributed by atoms with Crippen molar-refractivity contribution in [1.82, 2.24) is 4.57 Å². The van der Waals surface area contributed by atoms with Gasteiger partial charge in [0.15, 0.2) is 0 Å². The number of nitrogens with two attached hydrogens (primary N) is 1. The van der Waals surface area contributed by atoms with Gasteiger partial charge >= 0.3 is 0 Å². The quantitative estimate of drug-likeness (QED) is 0.684. The fourth-order valence-electron chi connectivity index (χ4n) is 2.10. The van der Waals surface area contributed by atoms with E-state index in [1.165, 1.54) is 15.8 Å². The zero-order valence-corrected chi connectivity index (χ0v) is 12.9. The summed E-state index contributed by atoms with van der Waals surface area (Å²) in [5.74, 6) is 0. The maximum atomic E-state index is 5.97. The zero-order valence-electron chi connectivity index (χ0n) is 12.1. The Morgan fingerprint density at radius 2 is 2.05 bits per heavy atom. The lowest BCUT2D eigenvalue weighted by Crippen LogP contribution is -2.21. The topological polar surface area (TPSA) is 40.2 Å². The molecule has 0 aliphatic heterocycles. The molecule has 0 aliphatic rings. The normalized spacial score (nSPS) is 12.2. The predicted molar refractivity (Wildman–Crippen MR) is 83.8 cm³/mol. The third-order valence-electron chi connectivity index (χ3n) is 2.96. The van der Waals surface area contributed by atoms with Crippen molar-refractivity contribution in [3.8, 4) is 0 Å². The van der Waals surface area contributed by atoms with Crippen molar-refractivity contribution in [2.75, 3.05) is 18.6 Å². The summed E-state index contributed by atoms with van der Waals surface area (Å²) in [6.07, 6.45) is 4.18. The molecule has 2 aromatic rings. The van der Waals surface area contributed by atoms with E-state index in [1.54, 1.807) is 11.8 Å². The van der Waals surface area contributed by atoms with E-state index >= 15 is 0 Å². The first-order valence-electron chi connectivity index (χ1n) is 6.47. The van der Waals surface area contributed by atoms with Crippen molar-refractivity contribution in [3.05, 3.63) is 24.4 Å². The lowest BCUT2D eigenvalue weighted by molar-refractivity contribution is -0.00644. The molecule has 104 valence electrons. The number of ether oxygens (including phenoxy) is 1. The molecule has 0 saturated carbocycles. The van der Waals surface area contributed by atoms with Crippen molar-refractivity contribution in [3.63, 3.8) is 0 Å². The van der Waals surface area contributed by atoms with E-state index in [0.717, 1.165) is 12.2 Å². The third kappa shape index (κ3) is 3.45. The Labute approximate surface area is 119 Å². The molecule has 0 saturated heterocycles. The number of thioether (sulfide) groups is 1. The Morgan fingerprint density at radius 3 is 2.68 bits per heavy atom. The standard InChI is InChI=1S/C15H22N2OS/c1-15(2,3)18-8-7-17-6-5-12-13(17)9-11(16)10-14(12)19-4/h5-6,9-10H,7-8,16H2,1-4H3. The number of fused-ring (bicyclic) bond motifs is 1. The summed E-state index contributed by atoms with van der Waals surface area (Å²) in [4.78, 5) is 1.23. The number of hydrogen-bond acceptors (Lipinski definition) is 3. The van der Waals surface area contributed by atoms with Crippen LogP contribution >= 0.6 is 11.8 Å². The van der Waals surface area contributed by atoms with Gasteiger partial charge in [0.05, 0.1) is 17.7 Å². The average molecular weight is 278 g/mol. The van der Waals surface area contributed by atoms with Gasteiger partial charge < -0.3 is 15.0 Å². The molecule has 0 radical (unpaired) electrons. The molecule has 0 fully saturated rings. The van der Waals surface area contributed by atoms with E-state index in [2.05, 4.69) is 43.9 Å². The van der Waals surface area contributed by atoms with Crippen LogP contribution in [0.3, 0.4) is 0 Å². The van der Waals surface area contributed by atoms with Crippen LogP contribution in [0.2, 0.25) is 0 Å². The molecule has 19 heavy (non-hydrogen) atoms. The van der Waals surface area contributed by atoms with Gasteiger partial charge in [-0.05, 0) is 45.2 Å². The molecule has 3 nitrogen and oxygen atoms in total. The minimum atomic E-state index is -0.0909. The molecule has 0 aliphatic carbocycles. The predicted octanol–water partition coefficient (Wildman–Crippen LogP) is 3.76. The van der Waals surface area contributed by atoms with Gasteiger partial charge in [0.2, 0.25) is 0 Å². The first-order chi connectivity index (χ1) is 8.90. The highest BCUT2D eigenvalue weighted by molar-refractivity contribution is 7.98. The molecule has 1 aromatic carbocycles. The maximum Gasteiger partial charge on any atom is 0.0652 e. The van der Waals surface area contributed by atoms with E-state index in [1.807, 2.05) is 12.1 Å². The highest BCUT2D eigenvalue weighted by Crippen LogP contribution is 2.30. The molecule has 2 N–H and O–H groups in total. The summed E-state index contributed by atoms with van der Waals surface area (Å²) >= 11 is 1.73. The van der Waals surface area contributed by atoms with Crippen molar-refractivity contribution in [1.29, 1.82) is 0 Å². The molecular weight excluding hydrogens is 256 g/mol. The van der Waals surface area contributed by atoms with Gasteiger partial charge in [-0.2, -0.15) is 0 Å². The summed E-state index contributed by atoms with van der Waals surface area (Å²) in [5.41, 5.74) is 7.87. The Kier molecular flexibility index (Phi) is 4.11. The van der Waals surface area contributed by atoms with Crippen LogP contribution in [-0.2, 0) is 11.3 Å². The first kappa shape index (κ1) is 14.3. The van der Waals surface area contributed by atoms with Crippen molar-refractivity contribution < 1.29 is 4.74 Å². The smallest absolute Gasteiger partial charge is 0.0652 e. The van der Waals surface area contributed by atoms with Crippen LogP contribution in [0.4, 0.5) is 5.69 Å². The van der Waals surface area contributed by atoms with Crippen molar-refractivity contribution in [2.24, 2.45) is 0 Å². The van der Waals surface area contributed by atoms with Crippen LogP contribution < -0.4 is 5.73 Å². The second-order valence-corrected chi connectivity index (χ2v) is 6.47. The number of nitrogens with zero attached hydrogens (tertiary/aromatic N) is 1. The molecule has 0 spiro atoms. The van der Waals surface area contributed by atoms with Crippen LogP contribution in [-0.4, -0.2) is 23.0 Å². The van der Waals surface area contributed by atoms with Crippen LogP contribution in [0.25, 0.3) is 10.9 Å². The van der Waals surface area contributed by atoms with Gasteiger partial charge in [-0.3, -0.25) is 0 Å². The fourth-order valence-corrected chi connectivity index (χ4v) is 2.74. The second kappa shape index (κ2) is 5.47. The fraction of sp³-hybridized carbons (Fsp3) is 0.467. The summed E-state index contributed by atoms with van der Waals surface area (Å²) < 4.78 is 7.99. The van der Waals surface area contributed by atoms with Gasteiger partial charge in [-0.25, -0.2) is 0 Å². The van der Waals surface area contributed by atoms with Crippen LogP contribution in [0.15, 0.2) is 29.3 Å².